The topological polar surface area (TPSA) is 55.5 Å². The van der Waals surface area contributed by atoms with Crippen LogP contribution in [-0.2, 0) is 0 Å². The number of anilines is 1. The van der Waals surface area contributed by atoms with Gasteiger partial charge in [0.2, 0.25) is 4.80 Å². The molecule has 0 spiro atoms. The summed E-state index contributed by atoms with van der Waals surface area (Å²) in [5.74, 6) is 0. The van der Waals surface area contributed by atoms with Crippen molar-refractivity contribution in [2.75, 3.05) is 31.1 Å². The maximum Gasteiger partial charge on any atom is 0.218 e. The number of hydrogen-bond donors (Lipinski definition) is 2. The summed E-state index contributed by atoms with van der Waals surface area (Å²) in [6.07, 6.45) is 6.80. The number of aromatic nitrogens is 1. The van der Waals surface area contributed by atoms with Gasteiger partial charge in [-0.15, -0.1) is 11.3 Å². The van der Waals surface area contributed by atoms with Crippen LogP contribution < -0.4 is 9.70 Å². The number of nitrogens with zero attached hydrogens (tertiary/aromatic N) is 3. The zero-order valence-electron chi connectivity index (χ0n) is 14.1. The Hall–Kier alpha value is -1.02. The molecule has 2 N–H and O–H groups in total. The summed E-state index contributed by atoms with van der Waals surface area (Å²) >= 11 is 8.91. The van der Waals surface area contributed by atoms with E-state index >= 15 is 0 Å². The van der Waals surface area contributed by atoms with Crippen LogP contribution in [0.3, 0.4) is 0 Å². The molecule has 0 amide bonds. The predicted octanol–water partition coefficient (Wildman–Crippen LogP) is 4.10. The summed E-state index contributed by atoms with van der Waals surface area (Å²) in [6, 6.07) is 2.62. The first kappa shape index (κ1) is 17.4. The minimum absolute atomic E-state index is 0.157. The fourth-order valence-electron chi connectivity index (χ4n) is 3.97. The second-order valence-corrected chi connectivity index (χ2v) is 9.14. The second-order valence-electron chi connectivity index (χ2n) is 6.82. The molecule has 1 saturated carbocycles. The van der Waals surface area contributed by atoms with E-state index in [1.807, 2.05) is 11.4 Å². The van der Waals surface area contributed by atoms with Gasteiger partial charge in [0.25, 0.3) is 0 Å². The van der Waals surface area contributed by atoms with Crippen molar-refractivity contribution in [3.8, 4) is 10.6 Å². The molecule has 2 aliphatic rings. The number of halogens is 1. The molecule has 0 aromatic carbocycles. The predicted molar refractivity (Wildman–Crippen MR) is 104 cm³/mol. The summed E-state index contributed by atoms with van der Waals surface area (Å²) in [5, 5.41) is 21.9. The van der Waals surface area contributed by atoms with Gasteiger partial charge in [0, 0.05) is 37.6 Å². The van der Waals surface area contributed by atoms with E-state index < -0.39 is 0 Å². The highest BCUT2D eigenvalue weighted by Gasteiger charge is 2.28. The maximum absolute atomic E-state index is 10.3. The Morgan fingerprint density at radius 2 is 1.84 bits per heavy atom. The smallest absolute Gasteiger partial charge is 0.218 e. The van der Waals surface area contributed by atoms with E-state index in [0.29, 0.717) is 10.7 Å². The first-order chi connectivity index (χ1) is 12.1. The third-order valence-corrected chi connectivity index (χ3v) is 7.59. The number of hydrogen-bond acceptors (Lipinski definition) is 6. The average Bonchev–Trinajstić information content (AvgIpc) is 3.19. The van der Waals surface area contributed by atoms with Crippen LogP contribution in [0.2, 0.25) is 5.02 Å². The van der Waals surface area contributed by atoms with Crippen LogP contribution in [0.5, 0.6) is 0 Å². The zero-order valence-corrected chi connectivity index (χ0v) is 16.5. The first-order valence-electron chi connectivity index (χ1n) is 8.86. The molecule has 0 atom stereocenters. The lowest BCUT2D eigenvalue weighted by atomic mass is 9.94. The van der Waals surface area contributed by atoms with Gasteiger partial charge in [0.15, 0.2) is 0 Å². The van der Waals surface area contributed by atoms with Gasteiger partial charge in [-0.05, 0) is 18.9 Å². The lowest BCUT2D eigenvalue weighted by molar-refractivity contribution is 0.148. The molecule has 2 aromatic heterocycles. The van der Waals surface area contributed by atoms with Gasteiger partial charge in [-0.25, -0.2) is 0 Å². The van der Waals surface area contributed by atoms with Gasteiger partial charge < -0.3 is 10.1 Å². The molecule has 25 heavy (non-hydrogen) atoms. The Morgan fingerprint density at radius 3 is 2.48 bits per heavy atom. The Balaban J connectivity index is 1.53. The maximum atomic E-state index is 10.3. The number of nitrogens with one attached hydrogen (secondary N) is 1. The quantitative estimate of drug-likeness (QED) is 0.765. The van der Waals surface area contributed by atoms with Crippen molar-refractivity contribution in [1.29, 1.82) is 5.41 Å². The van der Waals surface area contributed by atoms with Crippen LogP contribution in [0.4, 0.5) is 5.00 Å². The highest BCUT2D eigenvalue weighted by molar-refractivity contribution is 7.16. The third-order valence-electron chi connectivity index (χ3n) is 5.29. The molecule has 136 valence electrons. The lowest BCUT2D eigenvalue weighted by Gasteiger charge is -2.41. The summed E-state index contributed by atoms with van der Waals surface area (Å²) in [7, 11) is 0. The molecule has 2 fully saturated rings. The lowest BCUT2D eigenvalue weighted by Crippen LogP contribution is -2.50. The Bertz CT molecular complexity index is 785. The van der Waals surface area contributed by atoms with Gasteiger partial charge in [-0.3, -0.25) is 10.3 Å². The van der Waals surface area contributed by atoms with Crippen LogP contribution in [0, 0.1) is 5.41 Å². The molecule has 4 rings (SSSR count). The van der Waals surface area contributed by atoms with E-state index in [4.69, 9.17) is 17.0 Å². The highest BCUT2D eigenvalue weighted by Crippen LogP contribution is 2.38. The summed E-state index contributed by atoms with van der Waals surface area (Å²) in [6.45, 7) is 4.02. The second kappa shape index (κ2) is 7.31. The molecule has 8 heteroatoms. The molecule has 5 nitrogen and oxygen atoms in total. The van der Waals surface area contributed by atoms with Crippen LogP contribution in [-0.4, -0.2) is 47.1 Å². The van der Waals surface area contributed by atoms with Gasteiger partial charge in [0.05, 0.1) is 9.90 Å². The van der Waals surface area contributed by atoms with Crippen molar-refractivity contribution < 1.29 is 5.21 Å². The van der Waals surface area contributed by atoms with E-state index in [0.717, 1.165) is 46.8 Å². The van der Waals surface area contributed by atoms with E-state index in [9.17, 15) is 5.21 Å². The molecular formula is C17H23ClN4OS2. The van der Waals surface area contributed by atoms with Crippen molar-refractivity contribution in [3.05, 3.63) is 21.3 Å². The number of piperazine rings is 1. The standard InChI is InChI=1S/C17H23ClN4OS2/c18-12-10-14(24-11-12)15-16(25-17(19)22(15)23)21-8-6-20(7-9-21)13-4-2-1-3-5-13/h10-11,13,19,23H,1-9H2. The monoisotopic (exact) mass is 398 g/mol. The molecule has 0 unspecified atom stereocenters. The van der Waals surface area contributed by atoms with Gasteiger partial charge in [-0.2, -0.15) is 4.73 Å². The molecule has 3 heterocycles. The average molecular weight is 399 g/mol. The summed E-state index contributed by atoms with van der Waals surface area (Å²) < 4.78 is 0.996. The summed E-state index contributed by atoms with van der Waals surface area (Å²) in [5.41, 5.74) is 0.706. The van der Waals surface area contributed by atoms with Crippen molar-refractivity contribution in [1.82, 2.24) is 9.63 Å². The number of thiazole rings is 1. The molecular weight excluding hydrogens is 376 g/mol. The first-order valence-corrected chi connectivity index (χ1v) is 10.9. The molecule has 0 radical (unpaired) electrons. The van der Waals surface area contributed by atoms with E-state index in [2.05, 4.69) is 9.80 Å². The Morgan fingerprint density at radius 1 is 1.12 bits per heavy atom. The molecule has 1 saturated heterocycles. The Kier molecular flexibility index (Phi) is 5.08. The van der Waals surface area contributed by atoms with Crippen molar-refractivity contribution in [3.63, 3.8) is 0 Å². The van der Waals surface area contributed by atoms with E-state index in [1.165, 1.54) is 54.8 Å². The largest absolute Gasteiger partial charge is 0.425 e. The fraction of sp³-hybridized carbons (Fsp3) is 0.588. The van der Waals surface area contributed by atoms with E-state index in [-0.39, 0.29) is 4.80 Å². The molecule has 1 aliphatic heterocycles. The van der Waals surface area contributed by atoms with Gasteiger partial charge >= 0.3 is 0 Å². The van der Waals surface area contributed by atoms with Gasteiger partial charge in [-0.1, -0.05) is 42.2 Å². The van der Waals surface area contributed by atoms with Crippen LogP contribution in [0.25, 0.3) is 10.6 Å². The number of thiophene rings is 1. The highest BCUT2D eigenvalue weighted by atomic mass is 35.5. The zero-order chi connectivity index (χ0) is 17.4. The van der Waals surface area contributed by atoms with Crippen molar-refractivity contribution in [2.45, 2.75) is 38.1 Å². The van der Waals surface area contributed by atoms with Gasteiger partial charge in [0.1, 0.15) is 10.7 Å². The SMILES string of the molecule is N=c1sc(N2CCN(C3CCCCC3)CC2)c(-c2cc(Cl)cs2)n1O. The van der Waals surface area contributed by atoms with Crippen molar-refractivity contribution >= 4 is 39.3 Å². The van der Waals surface area contributed by atoms with Crippen molar-refractivity contribution in [2.24, 2.45) is 0 Å². The number of rotatable bonds is 3. The molecule has 0 bridgehead atoms. The third kappa shape index (κ3) is 3.47. The normalized spacial score (nSPS) is 20.3. The molecule has 1 aliphatic carbocycles. The Labute approximate surface area is 160 Å². The van der Waals surface area contributed by atoms with Crippen LogP contribution >= 0.6 is 34.3 Å². The van der Waals surface area contributed by atoms with E-state index in [1.54, 1.807) is 0 Å². The summed E-state index contributed by atoms with van der Waals surface area (Å²) in [4.78, 5) is 6.02. The molecule has 2 aromatic rings. The van der Waals surface area contributed by atoms with Crippen LogP contribution in [0.1, 0.15) is 32.1 Å². The minimum atomic E-state index is 0.157. The fourth-order valence-corrected chi connectivity index (χ4v) is 6.11. The minimum Gasteiger partial charge on any atom is -0.425 e. The van der Waals surface area contributed by atoms with Crippen LogP contribution in [0.15, 0.2) is 11.4 Å².